The lowest BCUT2D eigenvalue weighted by atomic mass is 10.2. The van der Waals surface area contributed by atoms with Crippen LogP contribution in [0.3, 0.4) is 0 Å². The number of nitrogens with zero attached hydrogens (tertiary/aromatic N) is 4. The molecule has 1 aliphatic rings. The van der Waals surface area contributed by atoms with E-state index in [1.54, 1.807) is 19.1 Å². The molecule has 2 heterocycles. The van der Waals surface area contributed by atoms with Crippen molar-refractivity contribution in [2.75, 3.05) is 36.5 Å². The summed E-state index contributed by atoms with van der Waals surface area (Å²) in [4.78, 5) is 14.8. The Kier molecular flexibility index (Phi) is 6.53. The molecule has 1 fully saturated rings. The van der Waals surface area contributed by atoms with Crippen LogP contribution in [0.1, 0.15) is 12.5 Å². The third kappa shape index (κ3) is 4.88. The second-order valence-corrected chi connectivity index (χ2v) is 8.59. The fourth-order valence-electron chi connectivity index (χ4n) is 3.31. The Morgan fingerprint density at radius 1 is 1.16 bits per heavy atom. The minimum absolute atomic E-state index is 0.161. The van der Waals surface area contributed by atoms with Crippen LogP contribution in [-0.4, -0.2) is 52.2 Å². The van der Waals surface area contributed by atoms with Gasteiger partial charge in [-0.15, -0.1) is 10.2 Å². The van der Waals surface area contributed by atoms with Gasteiger partial charge in [-0.1, -0.05) is 36.0 Å². The van der Waals surface area contributed by atoms with E-state index in [1.807, 2.05) is 29.7 Å². The first-order valence-electron chi connectivity index (χ1n) is 10.1. The summed E-state index contributed by atoms with van der Waals surface area (Å²) < 4.78 is 21.3. The van der Waals surface area contributed by atoms with E-state index in [0.717, 1.165) is 30.3 Å². The average Bonchev–Trinajstić information content (AvgIpc) is 3.19. The van der Waals surface area contributed by atoms with Crippen LogP contribution in [0.15, 0.2) is 53.7 Å². The van der Waals surface area contributed by atoms with Crippen LogP contribution >= 0.6 is 11.8 Å². The van der Waals surface area contributed by atoms with Gasteiger partial charge in [0.05, 0.1) is 29.8 Å². The molecule has 0 saturated carbocycles. The van der Waals surface area contributed by atoms with Gasteiger partial charge in [0.15, 0.2) is 5.16 Å². The van der Waals surface area contributed by atoms with Gasteiger partial charge in [-0.2, -0.15) is 0 Å². The second kappa shape index (κ2) is 9.49. The molecule has 3 aromatic rings. The fourth-order valence-corrected chi connectivity index (χ4v) is 4.17. The van der Waals surface area contributed by atoms with Gasteiger partial charge in [-0.3, -0.25) is 9.36 Å². The van der Waals surface area contributed by atoms with Gasteiger partial charge in [0.1, 0.15) is 5.82 Å². The number of para-hydroxylation sites is 1. The molecule has 1 saturated heterocycles. The molecular weight excluding hydrogens is 417 g/mol. The number of hydrogen-bond acceptors (Lipinski definition) is 6. The number of rotatable bonds is 6. The molecule has 2 aromatic carbocycles. The number of ether oxygens (including phenoxy) is 1. The zero-order valence-electron chi connectivity index (χ0n) is 17.4. The van der Waals surface area contributed by atoms with E-state index in [4.69, 9.17) is 4.74 Å². The lowest BCUT2D eigenvalue weighted by Gasteiger charge is -2.28. The zero-order valence-corrected chi connectivity index (χ0v) is 18.2. The first kappa shape index (κ1) is 21.3. The van der Waals surface area contributed by atoms with E-state index in [-0.39, 0.29) is 11.6 Å². The Labute approximate surface area is 184 Å². The first-order valence-corrected chi connectivity index (χ1v) is 11.0. The number of benzene rings is 2. The summed E-state index contributed by atoms with van der Waals surface area (Å²) in [7, 11) is 0. The minimum Gasteiger partial charge on any atom is -0.378 e. The van der Waals surface area contributed by atoms with Crippen molar-refractivity contribution < 1.29 is 13.9 Å². The normalized spacial score (nSPS) is 15.0. The van der Waals surface area contributed by atoms with Gasteiger partial charge in [0.2, 0.25) is 11.9 Å². The predicted molar refractivity (Wildman–Crippen MR) is 119 cm³/mol. The largest absolute Gasteiger partial charge is 0.378 e. The van der Waals surface area contributed by atoms with Crippen LogP contribution in [0.5, 0.6) is 0 Å². The van der Waals surface area contributed by atoms with Crippen LogP contribution in [0, 0.1) is 12.7 Å². The molecule has 7 nitrogen and oxygen atoms in total. The Hall–Kier alpha value is -2.91. The summed E-state index contributed by atoms with van der Waals surface area (Å²) >= 11 is 1.29. The second-order valence-electron chi connectivity index (χ2n) is 7.29. The summed E-state index contributed by atoms with van der Waals surface area (Å²) in [5.41, 5.74) is 2.20. The molecule has 162 valence electrons. The van der Waals surface area contributed by atoms with Crippen molar-refractivity contribution in [3.8, 4) is 5.69 Å². The number of thioether (sulfide) groups is 1. The van der Waals surface area contributed by atoms with Crippen molar-refractivity contribution in [2.45, 2.75) is 24.3 Å². The van der Waals surface area contributed by atoms with Crippen molar-refractivity contribution in [3.05, 3.63) is 59.9 Å². The number of amides is 1. The highest BCUT2D eigenvalue weighted by atomic mass is 32.2. The Morgan fingerprint density at radius 2 is 1.94 bits per heavy atom. The van der Waals surface area contributed by atoms with Crippen LogP contribution in [0.25, 0.3) is 5.69 Å². The molecule has 1 amide bonds. The highest BCUT2D eigenvalue weighted by Gasteiger charge is 2.25. The van der Waals surface area contributed by atoms with Crippen LogP contribution in [0.4, 0.5) is 16.0 Å². The first-order chi connectivity index (χ1) is 15.0. The van der Waals surface area contributed by atoms with Crippen molar-refractivity contribution >= 4 is 29.3 Å². The number of nitrogens with one attached hydrogen (secondary N) is 1. The van der Waals surface area contributed by atoms with Crippen LogP contribution in [0.2, 0.25) is 0 Å². The third-order valence-corrected chi connectivity index (χ3v) is 6.00. The molecule has 1 atom stereocenters. The number of carbonyl (C=O) groups excluding carboxylic acids is 1. The minimum atomic E-state index is -0.509. The van der Waals surface area contributed by atoms with Crippen LogP contribution in [-0.2, 0) is 9.53 Å². The summed E-state index contributed by atoms with van der Waals surface area (Å²) in [5, 5.41) is 11.6. The van der Waals surface area contributed by atoms with Crippen molar-refractivity contribution in [3.63, 3.8) is 0 Å². The van der Waals surface area contributed by atoms with Crippen molar-refractivity contribution in [2.24, 2.45) is 0 Å². The predicted octanol–water partition coefficient (Wildman–Crippen LogP) is 3.67. The van der Waals surface area contributed by atoms with E-state index in [9.17, 15) is 9.18 Å². The molecule has 0 radical (unpaired) electrons. The molecule has 4 rings (SSSR count). The summed E-state index contributed by atoms with van der Waals surface area (Å²) in [6.45, 7) is 6.50. The topological polar surface area (TPSA) is 72.3 Å². The van der Waals surface area contributed by atoms with Gasteiger partial charge >= 0.3 is 0 Å². The molecular formula is C22H24FN5O2S. The SMILES string of the molecule is Cc1cccc(-n2c(SC(C)C(=O)Nc3ccccc3F)nnc2N2CCOCC2)c1. The molecule has 0 spiro atoms. The number of aromatic nitrogens is 3. The molecule has 1 N–H and O–H groups in total. The van der Waals surface area contributed by atoms with Crippen molar-refractivity contribution in [1.82, 2.24) is 14.8 Å². The number of hydrogen-bond donors (Lipinski definition) is 1. The number of aryl methyl sites for hydroxylation is 1. The van der Waals surface area contributed by atoms with Gasteiger partial charge in [-0.25, -0.2) is 4.39 Å². The number of halogens is 1. The molecule has 0 aliphatic carbocycles. The fraction of sp³-hybridized carbons (Fsp3) is 0.318. The Morgan fingerprint density at radius 3 is 2.68 bits per heavy atom. The summed E-state index contributed by atoms with van der Waals surface area (Å²) in [5.74, 6) is -0.0505. The number of anilines is 2. The lowest BCUT2D eigenvalue weighted by Crippen LogP contribution is -2.38. The monoisotopic (exact) mass is 441 g/mol. The Balaban J connectivity index is 1.60. The molecule has 31 heavy (non-hydrogen) atoms. The van der Waals surface area contributed by atoms with Gasteiger partial charge in [0, 0.05) is 13.1 Å². The molecule has 1 unspecified atom stereocenters. The standard InChI is InChI=1S/C22H24FN5O2S/c1-15-6-5-7-17(14-15)28-21(27-10-12-30-13-11-27)25-26-22(28)31-16(2)20(29)24-19-9-4-3-8-18(19)23/h3-9,14,16H,10-13H2,1-2H3,(H,24,29). The maximum absolute atomic E-state index is 13.9. The van der Waals surface area contributed by atoms with Gasteiger partial charge < -0.3 is 15.0 Å². The Bertz CT molecular complexity index is 1070. The molecule has 1 aliphatic heterocycles. The van der Waals surface area contributed by atoms with E-state index in [0.29, 0.717) is 18.4 Å². The highest BCUT2D eigenvalue weighted by molar-refractivity contribution is 8.00. The molecule has 0 bridgehead atoms. The smallest absolute Gasteiger partial charge is 0.237 e. The molecule has 1 aromatic heterocycles. The quantitative estimate of drug-likeness (QED) is 0.589. The van der Waals surface area contributed by atoms with Gasteiger partial charge in [0.25, 0.3) is 0 Å². The van der Waals surface area contributed by atoms with E-state index in [1.165, 1.54) is 23.9 Å². The maximum Gasteiger partial charge on any atom is 0.237 e. The maximum atomic E-state index is 13.9. The number of morpholine rings is 1. The lowest BCUT2D eigenvalue weighted by molar-refractivity contribution is -0.115. The third-order valence-electron chi connectivity index (χ3n) is 4.95. The average molecular weight is 442 g/mol. The van der Waals surface area contributed by atoms with E-state index < -0.39 is 11.1 Å². The van der Waals surface area contributed by atoms with E-state index in [2.05, 4.69) is 26.5 Å². The van der Waals surface area contributed by atoms with Gasteiger partial charge in [-0.05, 0) is 43.7 Å². The van der Waals surface area contributed by atoms with Crippen molar-refractivity contribution in [1.29, 1.82) is 0 Å². The zero-order chi connectivity index (χ0) is 21.8. The van der Waals surface area contributed by atoms with E-state index >= 15 is 0 Å². The molecule has 9 heteroatoms. The summed E-state index contributed by atoms with van der Waals surface area (Å²) in [6.07, 6.45) is 0. The summed E-state index contributed by atoms with van der Waals surface area (Å²) in [6, 6.07) is 14.2. The number of carbonyl (C=O) groups is 1. The highest BCUT2D eigenvalue weighted by Crippen LogP contribution is 2.30. The van der Waals surface area contributed by atoms with Crippen LogP contribution < -0.4 is 10.2 Å².